The molecule has 1 aliphatic rings. The molecule has 0 saturated heterocycles. The van der Waals surface area contributed by atoms with Crippen LogP contribution in [-0.4, -0.2) is 20.1 Å². The number of fused-ring (bicyclic) bond motifs is 1. The molecule has 1 aromatic heterocycles. The van der Waals surface area contributed by atoms with Crippen LogP contribution in [0.5, 0.6) is 0 Å². The molecule has 0 spiro atoms. The Morgan fingerprint density at radius 2 is 2.60 bits per heavy atom. The van der Waals surface area contributed by atoms with E-state index in [0.717, 1.165) is 25.0 Å². The van der Waals surface area contributed by atoms with Gasteiger partial charge in [0.05, 0.1) is 11.9 Å². The summed E-state index contributed by atoms with van der Waals surface area (Å²) >= 11 is 0. The molecule has 0 bridgehead atoms. The van der Waals surface area contributed by atoms with Crippen LogP contribution in [-0.2, 0) is 6.42 Å². The highest BCUT2D eigenvalue weighted by atomic mass is 16.3. The number of aliphatic hydroxyl groups excluding tert-OH is 1. The minimum absolute atomic E-state index is 0.439. The Hall–Kier alpha value is -0.900. The fourth-order valence-corrected chi connectivity index (χ4v) is 1.28. The van der Waals surface area contributed by atoms with Crippen LogP contribution in [0.3, 0.4) is 0 Å². The molecule has 1 atom stereocenters. The third-order valence-corrected chi connectivity index (χ3v) is 1.83. The molecule has 1 aromatic rings. The highest BCUT2D eigenvalue weighted by molar-refractivity contribution is 4.97. The van der Waals surface area contributed by atoms with Crippen molar-refractivity contribution in [2.24, 2.45) is 0 Å². The van der Waals surface area contributed by atoms with Gasteiger partial charge in [0.1, 0.15) is 6.23 Å². The molecule has 0 aromatic carbocycles. The van der Waals surface area contributed by atoms with Crippen LogP contribution in [0.2, 0.25) is 0 Å². The van der Waals surface area contributed by atoms with E-state index < -0.39 is 6.23 Å². The van der Waals surface area contributed by atoms with E-state index >= 15 is 0 Å². The van der Waals surface area contributed by atoms with Crippen LogP contribution in [0.1, 0.15) is 24.8 Å². The molecule has 2 heterocycles. The summed E-state index contributed by atoms with van der Waals surface area (Å²) in [5.74, 6) is 0. The van der Waals surface area contributed by atoms with Gasteiger partial charge in [-0.2, -0.15) is 0 Å². The molecule has 54 valence electrons. The van der Waals surface area contributed by atoms with E-state index in [2.05, 4.69) is 10.3 Å². The predicted octanol–water partition coefficient (Wildman–Crippen LogP) is 0.105. The van der Waals surface area contributed by atoms with Crippen LogP contribution in [0, 0.1) is 0 Å². The smallest absolute Gasteiger partial charge is 0.149 e. The lowest BCUT2D eigenvalue weighted by Crippen LogP contribution is -2.17. The highest BCUT2D eigenvalue weighted by Gasteiger charge is 2.17. The Balaban J connectivity index is 2.41. The van der Waals surface area contributed by atoms with Gasteiger partial charge in [-0.3, -0.25) is 0 Å². The zero-order valence-corrected chi connectivity index (χ0v) is 5.56. The number of hydrogen-bond acceptors (Lipinski definition) is 3. The van der Waals surface area contributed by atoms with Gasteiger partial charge in [-0.25, -0.2) is 4.68 Å². The van der Waals surface area contributed by atoms with Gasteiger partial charge in [-0.05, 0) is 19.3 Å². The molecule has 0 fully saturated rings. The fraction of sp³-hybridized carbons (Fsp3) is 0.667. The van der Waals surface area contributed by atoms with E-state index in [0.29, 0.717) is 0 Å². The van der Waals surface area contributed by atoms with Crippen molar-refractivity contribution in [1.82, 2.24) is 15.0 Å². The summed E-state index contributed by atoms with van der Waals surface area (Å²) in [6.45, 7) is 0. The molecule has 4 heteroatoms. The summed E-state index contributed by atoms with van der Waals surface area (Å²) in [7, 11) is 0. The van der Waals surface area contributed by atoms with E-state index in [4.69, 9.17) is 0 Å². The molecule has 1 aliphatic heterocycles. The summed E-state index contributed by atoms with van der Waals surface area (Å²) < 4.78 is 1.59. The average molecular weight is 139 g/mol. The largest absolute Gasteiger partial charge is 0.372 e. The van der Waals surface area contributed by atoms with Crippen LogP contribution >= 0.6 is 0 Å². The van der Waals surface area contributed by atoms with Crippen molar-refractivity contribution in [2.75, 3.05) is 0 Å². The maximum absolute atomic E-state index is 9.31. The van der Waals surface area contributed by atoms with Crippen molar-refractivity contribution in [1.29, 1.82) is 0 Å². The number of aliphatic hydroxyl groups is 1. The minimum Gasteiger partial charge on any atom is -0.372 e. The predicted molar refractivity (Wildman–Crippen MR) is 34.2 cm³/mol. The molecule has 1 N–H and O–H groups in total. The lowest BCUT2D eigenvalue weighted by atomic mass is 10.1. The average Bonchev–Trinajstić information content (AvgIpc) is 2.36. The van der Waals surface area contributed by atoms with Crippen LogP contribution < -0.4 is 0 Å². The molecular formula is C6H9N3O. The zero-order valence-electron chi connectivity index (χ0n) is 5.56. The zero-order chi connectivity index (χ0) is 6.97. The second-order valence-electron chi connectivity index (χ2n) is 2.54. The fourth-order valence-electron chi connectivity index (χ4n) is 1.28. The molecule has 10 heavy (non-hydrogen) atoms. The van der Waals surface area contributed by atoms with Crippen molar-refractivity contribution < 1.29 is 5.11 Å². The van der Waals surface area contributed by atoms with Crippen molar-refractivity contribution in [3.05, 3.63) is 11.9 Å². The molecule has 0 amide bonds. The normalized spacial score (nSPS) is 24.3. The Morgan fingerprint density at radius 1 is 1.70 bits per heavy atom. The van der Waals surface area contributed by atoms with Gasteiger partial charge < -0.3 is 5.11 Å². The SMILES string of the molecule is OC1CCCc2cnnn21. The van der Waals surface area contributed by atoms with Crippen molar-refractivity contribution in [3.63, 3.8) is 0 Å². The van der Waals surface area contributed by atoms with Gasteiger partial charge in [-0.1, -0.05) is 5.21 Å². The first-order valence-corrected chi connectivity index (χ1v) is 3.45. The first kappa shape index (κ1) is 5.85. The minimum atomic E-state index is -0.439. The van der Waals surface area contributed by atoms with E-state index in [1.54, 1.807) is 10.9 Å². The Bertz CT molecular complexity index is 233. The monoisotopic (exact) mass is 139 g/mol. The van der Waals surface area contributed by atoms with Crippen LogP contribution in [0.25, 0.3) is 0 Å². The number of hydrogen-bond donors (Lipinski definition) is 1. The summed E-state index contributed by atoms with van der Waals surface area (Å²) in [6, 6.07) is 0. The third-order valence-electron chi connectivity index (χ3n) is 1.83. The van der Waals surface area contributed by atoms with E-state index in [9.17, 15) is 5.11 Å². The highest BCUT2D eigenvalue weighted by Crippen LogP contribution is 2.19. The first-order chi connectivity index (χ1) is 4.88. The summed E-state index contributed by atoms with van der Waals surface area (Å²) in [5.41, 5.74) is 1.04. The number of rotatable bonds is 0. The van der Waals surface area contributed by atoms with Gasteiger partial charge in [0.25, 0.3) is 0 Å². The summed E-state index contributed by atoms with van der Waals surface area (Å²) in [4.78, 5) is 0. The number of nitrogens with zero attached hydrogens (tertiary/aromatic N) is 3. The van der Waals surface area contributed by atoms with Crippen LogP contribution in [0.4, 0.5) is 0 Å². The van der Waals surface area contributed by atoms with Gasteiger partial charge in [0.15, 0.2) is 0 Å². The van der Waals surface area contributed by atoms with E-state index in [-0.39, 0.29) is 0 Å². The molecule has 1 unspecified atom stereocenters. The maximum atomic E-state index is 9.31. The molecule has 2 rings (SSSR count). The van der Waals surface area contributed by atoms with Crippen molar-refractivity contribution in [3.8, 4) is 0 Å². The molecule has 0 radical (unpaired) electrons. The third kappa shape index (κ3) is 0.724. The van der Waals surface area contributed by atoms with E-state index in [1.807, 2.05) is 0 Å². The molecule has 0 saturated carbocycles. The standard InChI is InChI=1S/C6H9N3O/c10-6-3-1-2-5-4-7-8-9(5)6/h4,6,10H,1-3H2. The quantitative estimate of drug-likeness (QED) is 0.554. The maximum Gasteiger partial charge on any atom is 0.149 e. The topological polar surface area (TPSA) is 50.9 Å². The molecule has 4 nitrogen and oxygen atoms in total. The van der Waals surface area contributed by atoms with Gasteiger partial charge in [0, 0.05) is 0 Å². The lowest BCUT2D eigenvalue weighted by molar-refractivity contribution is 0.0639. The van der Waals surface area contributed by atoms with Gasteiger partial charge >= 0.3 is 0 Å². The second-order valence-corrected chi connectivity index (χ2v) is 2.54. The van der Waals surface area contributed by atoms with Gasteiger partial charge in [-0.15, -0.1) is 5.10 Å². The number of aryl methyl sites for hydroxylation is 1. The summed E-state index contributed by atoms with van der Waals surface area (Å²) in [5, 5.41) is 16.8. The van der Waals surface area contributed by atoms with Crippen molar-refractivity contribution >= 4 is 0 Å². The lowest BCUT2D eigenvalue weighted by Gasteiger charge is -2.17. The van der Waals surface area contributed by atoms with Gasteiger partial charge in [0.2, 0.25) is 0 Å². The first-order valence-electron chi connectivity index (χ1n) is 3.45. The second kappa shape index (κ2) is 2.05. The molecular weight excluding hydrogens is 130 g/mol. The van der Waals surface area contributed by atoms with Crippen LogP contribution in [0.15, 0.2) is 6.20 Å². The number of aromatic nitrogens is 3. The molecule has 0 aliphatic carbocycles. The Kier molecular flexibility index (Phi) is 1.20. The Labute approximate surface area is 58.5 Å². The van der Waals surface area contributed by atoms with Crippen molar-refractivity contribution in [2.45, 2.75) is 25.5 Å². The van der Waals surface area contributed by atoms with E-state index in [1.165, 1.54) is 0 Å². The summed E-state index contributed by atoms with van der Waals surface area (Å²) in [6.07, 6.45) is 4.10. The Morgan fingerprint density at radius 3 is 3.40 bits per heavy atom.